The van der Waals surface area contributed by atoms with Gasteiger partial charge in [-0.15, -0.1) is 0 Å². The molecule has 0 aliphatic carbocycles. The summed E-state index contributed by atoms with van der Waals surface area (Å²) >= 11 is 0. The molecule has 1 aliphatic heterocycles. The summed E-state index contributed by atoms with van der Waals surface area (Å²) in [6, 6.07) is 5.05. The average molecular weight is 430 g/mol. The third kappa shape index (κ3) is 6.37. The van der Waals surface area contributed by atoms with E-state index in [1.165, 1.54) is 6.20 Å². The second-order valence-electron chi connectivity index (χ2n) is 8.32. The lowest BCUT2D eigenvalue weighted by molar-refractivity contribution is 0.0531. The van der Waals surface area contributed by atoms with Crippen molar-refractivity contribution in [2.24, 2.45) is 0 Å². The summed E-state index contributed by atoms with van der Waals surface area (Å²) in [5.41, 5.74) is 1.06. The number of carbonyl (C=O) groups is 2. The summed E-state index contributed by atoms with van der Waals surface area (Å²) in [5, 5.41) is 2.49. The van der Waals surface area contributed by atoms with Crippen molar-refractivity contribution in [2.45, 2.75) is 39.2 Å². The molecule has 9 heteroatoms. The molecule has 1 fully saturated rings. The highest BCUT2D eigenvalue weighted by molar-refractivity contribution is 5.94. The van der Waals surface area contributed by atoms with Gasteiger partial charge in [-0.05, 0) is 45.7 Å². The van der Waals surface area contributed by atoms with E-state index in [2.05, 4.69) is 15.3 Å². The number of rotatable bonds is 6. The monoisotopic (exact) mass is 430 g/mol. The van der Waals surface area contributed by atoms with Crippen LogP contribution in [0, 0.1) is 0 Å². The van der Waals surface area contributed by atoms with Gasteiger partial charge in [0.15, 0.2) is 0 Å². The first-order chi connectivity index (χ1) is 14.7. The number of fused-ring (bicyclic) bond motifs is 1. The van der Waals surface area contributed by atoms with E-state index < -0.39 is 11.7 Å². The van der Waals surface area contributed by atoms with E-state index in [9.17, 15) is 14.0 Å². The van der Waals surface area contributed by atoms with Gasteiger partial charge >= 0.3 is 6.09 Å². The van der Waals surface area contributed by atoms with Gasteiger partial charge in [-0.2, -0.15) is 0 Å². The van der Waals surface area contributed by atoms with Crippen molar-refractivity contribution in [3.63, 3.8) is 0 Å². The van der Waals surface area contributed by atoms with Crippen molar-refractivity contribution in [1.29, 1.82) is 0 Å². The summed E-state index contributed by atoms with van der Waals surface area (Å²) in [7, 11) is 0. The molecule has 1 aromatic heterocycles. The Labute approximate surface area is 180 Å². The van der Waals surface area contributed by atoms with E-state index in [0.717, 1.165) is 25.9 Å². The van der Waals surface area contributed by atoms with Crippen molar-refractivity contribution >= 4 is 23.0 Å². The zero-order chi connectivity index (χ0) is 22.4. The van der Waals surface area contributed by atoms with E-state index >= 15 is 0 Å². The summed E-state index contributed by atoms with van der Waals surface area (Å²) in [6.07, 6.45) is 3.25. The van der Waals surface area contributed by atoms with Crippen LogP contribution < -0.4 is 10.1 Å². The average Bonchev–Trinajstić information content (AvgIpc) is 3.26. The van der Waals surface area contributed by atoms with Crippen LogP contribution in [0.5, 0.6) is 5.75 Å². The van der Waals surface area contributed by atoms with Crippen molar-refractivity contribution in [1.82, 2.24) is 20.2 Å². The molecule has 0 bridgehead atoms. The number of carbonyl (C=O) groups excluding carboxylic acids is 2. The lowest BCUT2D eigenvalue weighted by Gasteiger charge is -2.20. The summed E-state index contributed by atoms with van der Waals surface area (Å²) < 4.78 is 23.9. The Morgan fingerprint density at radius 1 is 1.23 bits per heavy atom. The standard InChI is InChI=1S/C22H27FN4O4/c1-22(2,3)31-21(29)25-12-15(11-23)14-30-16-6-7-17-18(10-16)24-13-19(26-17)20(28)27-8-4-5-9-27/h6-7,10-11,13H,4-5,8-9,12,14H2,1-3H3,(H,25,29)/b15-11+. The van der Waals surface area contributed by atoms with Crippen LogP contribution >= 0.6 is 0 Å². The van der Waals surface area contributed by atoms with E-state index in [1.54, 1.807) is 43.9 Å². The lowest BCUT2D eigenvalue weighted by Crippen LogP contribution is -2.34. The van der Waals surface area contributed by atoms with Crippen LogP contribution in [0.3, 0.4) is 0 Å². The number of alkyl carbamates (subject to hydrolysis) is 1. The van der Waals surface area contributed by atoms with E-state index in [0.29, 0.717) is 28.8 Å². The number of likely N-dealkylation sites (tertiary alicyclic amines) is 1. The fourth-order valence-electron chi connectivity index (χ4n) is 3.06. The molecule has 0 unspecified atom stereocenters. The first-order valence-electron chi connectivity index (χ1n) is 10.2. The SMILES string of the molecule is CC(C)(C)OC(=O)NC/C(=C\F)COc1ccc2nc(C(=O)N3CCCC3)cnc2c1. The second kappa shape index (κ2) is 9.72. The Balaban J connectivity index is 1.58. The smallest absolute Gasteiger partial charge is 0.407 e. The molecular formula is C22H27FN4O4. The van der Waals surface area contributed by atoms with Gasteiger partial charge in [-0.3, -0.25) is 9.78 Å². The normalized spacial score (nSPS) is 14.6. The van der Waals surface area contributed by atoms with E-state index in [-0.39, 0.29) is 24.6 Å². The number of hydrogen-bond donors (Lipinski definition) is 1. The fourth-order valence-corrected chi connectivity index (χ4v) is 3.06. The first-order valence-corrected chi connectivity index (χ1v) is 10.2. The highest BCUT2D eigenvalue weighted by Crippen LogP contribution is 2.20. The number of nitrogens with one attached hydrogen (secondary N) is 1. The molecule has 8 nitrogen and oxygen atoms in total. The van der Waals surface area contributed by atoms with Crippen LogP contribution in [-0.2, 0) is 4.74 Å². The second-order valence-corrected chi connectivity index (χ2v) is 8.32. The van der Waals surface area contributed by atoms with Gasteiger partial charge in [0.05, 0.1) is 23.6 Å². The third-order valence-corrected chi connectivity index (χ3v) is 4.56. The van der Waals surface area contributed by atoms with Crippen molar-refractivity contribution in [2.75, 3.05) is 26.2 Å². The zero-order valence-corrected chi connectivity index (χ0v) is 18.0. The minimum absolute atomic E-state index is 0.0409. The van der Waals surface area contributed by atoms with Crippen molar-refractivity contribution in [3.05, 3.63) is 42.0 Å². The Morgan fingerprint density at radius 3 is 2.65 bits per heavy atom. The van der Waals surface area contributed by atoms with Crippen molar-refractivity contribution < 1.29 is 23.5 Å². The molecule has 2 aromatic rings. The van der Waals surface area contributed by atoms with Crippen LogP contribution in [0.4, 0.5) is 9.18 Å². The van der Waals surface area contributed by atoms with Crippen LogP contribution in [0.15, 0.2) is 36.3 Å². The maximum Gasteiger partial charge on any atom is 0.407 e. The minimum atomic E-state index is -0.634. The van der Waals surface area contributed by atoms with Crippen LogP contribution in [-0.4, -0.2) is 58.7 Å². The Hall–Kier alpha value is -3.23. The van der Waals surface area contributed by atoms with Gasteiger partial charge in [0.25, 0.3) is 5.91 Å². The largest absolute Gasteiger partial charge is 0.489 e. The van der Waals surface area contributed by atoms with Gasteiger partial charge in [0.1, 0.15) is 23.7 Å². The zero-order valence-electron chi connectivity index (χ0n) is 18.0. The van der Waals surface area contributed by atoms with E-state index in [1.807, 2.05) is 0 Å². The molecule has 0 saturated carbocycles. The molecular weight excluding hydrogens is 403 g/mol. The quantitative estimate of drug-likeness (QED) is 0.752. The summed E-state index contributed by atoms with van der Waals surface area (Å²) in [6.45, 7) is 6.63. The highest BCUT2D eigenvalue weighted by atomic mass is 19.1. The number of nitrogens with zero attached hydrogens (tertiary/aromatic N) is 3. The van der Waals surface area contributed by atoms with Crippen LogP contribution in [0.2, 0.25) is 0 Å². The molecule has 1 aliphatic rings. The molecule has 166 valence electrons. The molecule has 2 amide bonds. The van der Waals surface area contributed by atoms with Gasteiger partial charge < -0.3 is 19.7 Å². The molecule has 0 radical (unpaired) electrons. The predicted octanol–water partition coefficient (Wildman–Crippen LogP) is 3.62. The molecule has 0 atom stereocenters. The molecule has 1 saturated heterocycles. The summed E-state index contributed by atoms with van der Waals surface area (Å²) in [4.78, 5) is 34.7. The Kier molecular flexibility index (Phi) is 7.04. The maximum atomic E-state index is 13.2. The Bertz CT molecular complexity index is 981. The summed E-state index contributed by atoms with van der Waals surface area (Å²) in [5.74, 6) is 0.361. The van der Waals surface area contributed by atoms with Crippen LogP contribution in [0.1, 0.15) is 44.1 Å². The lowest BCUT2D eigenvalue weighted by atomic mass is 10.2. The predicted molar refractivity (Wildman–Crippen MR) is 114 cm³/mol. The molecule has 1 aromatic carbocycles. The van der Waals surface area contributed by atoms with E-state index in [4.69, 9.17) is 9.47 Å². The number of amides is 2. The van der Waals surface area contributed by atoms with Crippen LogP contribution in [0.25, 0.3) is 11.0 Å². The number of hydrogen-bond acceptors (Lipinski definition) is 6. The Morgan fingerprint density at radius 2 is 1.97 bits per heavy atom. The number of ether oxygens (including phenoxy) is 2. The van der Waals surface area contributed by atoms with Gasteiger partial charge in [0.2, 0.25) is 0 Å². The number of benzene rings is 1. The topological polar surface area (TPSA) is 93.7 Å². The molecule has 31 heavy (non-hydrogen) atoms. The molecule has 1 N–H and O–H groups in total. The minimum Gasteiger partial charge on any atom is -0.489 e. The maximum absolute atomic E-state index is 13.2. The van der Waals surface area contributed by atoms with Gasteiger partial charge in [-0.25, -0.2) is 14.2 Å². The molecule has 2 heterocycles. The number of aromatic nitrogens is 2. The first kappa shape index (κ1) is 22.5. The van der Waals surface area contributed by atoms with Gasteiger partial charge in [0, 0.05) is 31.3 Å². The third-order valence-electron chi connectivity index (χ3n) is 4.56. The molecule has 3 rings (SSSR count). The molecule has 0 spiro atoms. The van der Waals surface area contributed by atoms with Gasteiger partial charge in [-0.1, -0.05) is 0 Å². The fraction of sp³-hybridized carbons (Fsp3) is 0.455. The highest BCUT2D eigenvalue weighted by Gasteiger charge is 2.21. The van der Waals surface area contributed by atoms with Crippen molar-refractivity contribution in [3.8, 4) is 5.75 Å². The number of halogens is 1.